The van der Waals surface area contributed by atoms with Crippen LogP contribution < -0.4 is 5.32 Å². The minimum atomic E-state index is -0.128. The van der Waals surface area contributed by atoms with Crippen LogP contribution in [0, 0.1) is 6.92 Å². The summed E-state index contributed by atoms with van der Waals surface area (Å²) < 4.78 is 3.62. The van der Waals surface area contributed by atoms with Crippen molar-refractivity contribution < 1.29 is 4.79 Å². The maximum Gasteiger partial charge on any atom is 0.252 e. The van der Waals surface area contributed by atoms with E-state index in [4.69, 9.17) is 10.1 Å². The first-order valence-corrected chi connectivity index (χ1v) is 11.8. The number of pyridine rings is 2. The van der Waals surface area contributed by atoms with Gasteiger partial charge in [0.2, 0.25) is 0 Å². The lowest BCUT2D eigenvalue weighted by Crippen LogP contribution is -2.24. The van der Waals surface area contributed by atoms with Gasteiger partial charge in [-0.2, -0.15) is 14.9 Å². The van der Waals surface area contributed by atoms with E-state index in [1.54, 1.807) is 17.1 Å². The van der Waals surface area contributed by atoms with Crippen LogP contribution >= 0.6 is 0 Å². The Hall–Kier alpha value is -4.33. The van der Waals surface area contributed by atoms with Crippen LogP contribution in [0.1, 0.15) is 51.6 Å². The first-order chi connectivity index (χ1) is 17.2. The molecule has 1 saturated carbocycles. The first kappa shape index (κ1) is 21.2. The predicted octanol–water partition coefficient (Wildman–Crippen LogP) is 4.18. The highest BCUT2D eigenvalue weighted by Crippen LogP contribution is 2.40. The van der Waals surface area contributed by atoms with Crippen LogP contribution in [0.25, 0.3) is 16.9 Å². The number of hydrogen-bond acceptors (Lipinski definition) is 5. The largest absolute Gasteiger partial charge is 0.348 e. The van der Waals surface area contributed by atoms with Gasteiger partial charge in [0.05, 0.1) is 23.2 Å². The maximum absolute atomic E-state index is 13.5. The lowest BCUT2D eigenvalue weighted by atomic mass is 10.1. The Bertz CT molecular complexity index is 1500. The van der Waals surface area contributed by atoms with Gasteiger partial charge in [-0.05, 0) is 55.2 Å². The monoisotopic (exact) mass is 463 g/mol. The average molecular weight is 464 g/mol. The van der Waals surface area contributed by atoms with Gasteiger partial charge in [-0.15, -0.1) is 0 Å². The number of fused-ring (bicyclic) bond motifs is 1. The standard InChI is InChI=1S/C27H25N7O/c1-18-25-22(27(35)29-16-20-7-2-3-8-21(20)17-33-14-6-13-30-33)15-23(19-10-11-19)31-26(25)34(32-18)24-9-4-5-12-28-24/h2-9,12-15,19H,10-11,16-17H2,1H3,(H,29,35). The third-order valence-corrected chi connectivity index (χ3v) is 6.39. The molecule has 1 aliphatic carbocycles. The van der Waals surface area contributed by atoms with Crippen LogP contribution in [0.2, 0.25) is 0 Å². The number of aromatic nitrogens is 6. The maximum atomic E-state index is 13.5. The summed E-state index contributed by atoms with van der Waals surface area (Å²) in [5, 5.41) is 12.9. The van der Waals surface area contributed by atoms with Gasteiger partial charge in [-0.1, -0.05) is 30.3 Å². The molecular weight excluding hydrogens is 438 g/mol. The number of amides is 1. The molecule has 174 valence electrons. The Morgan fingerprint density at radius 3 is 2.63 bits per heavy atom. The minimum absolute atomic E-state index is 0.128. The van der Waals surface area contributed by atoms with Gasteiger partial charge < -0.3 is 5.32 Å². The molecule has 6 rings (SSSR count). The van der Waals surface area contributed by atoms with Crippen molar-refractivity contribution in [1.29, 1.82) is 0 Å². The summed E-state index contributed by atoms with van der Waals surface area (Å²) in [5.41, 5.74) is 5.17. The number of carbonyl (C=O) groups is 1. The average Bonchev–Trinajstić information content (AvgIpc) is 3.52. The molecule has 0 radical (unpaired) electrons. The van der Waals surface area contributed by atoms with Crippen molar-refractivity contribution in [3.63, 3.8) is 0 Å². The number of rotatable bonds is 7. The molecule has 4 heterocycles. The SMILES string of the molecule is Cc1nn(-c2ccccn2)c2nc(C3CC3)cc(C(=O)NCc3ccccc3Cn3cccn3)c12. The van der Waals surface area contributed by atoms with Crippen molar-refractivity contribution in [2.75, 3.05) is 0 Å². The molecular formula is C27H25N7O. The molecule has 0 spiro atoms. The molecule has 0 bridgehead atoms. The van der Waals surface area contributed by atoms with E-state index in [9.17, 15) is 4.79 Å². The molecule has 0 aliphatic heterocycles. The number of nitrogens with one attached hydrogen (secondary N) is 1. The summed E-state index contributed by atoms with van der Waals surface area (Å²) in [6.45, 7) is 2.99. The summed E-state index contributed by atoms with van der Waals surface area (Å²) in [6.07, 6.45) is 7.62. The molecule has 0 unspecified atom stereocenters. The molecule has 35 heavy (non-hydrogen) atoms. The molecule has 4 aromatic heterocycles. The second kappa shape index (κ2) is 8.79. The summed E-state index contributed by atoms with van der Waals surface area (Å²) in [5.74, 6) is 0.954. The van der Waals surface area contributed by atoms with Gasteiger partial charge >= 0.3 is 0 Å². The third-order valence-electron chi connectivity index (χ3n) is 6.39. The van der Waals surface area contributed by atoms with Crippen molar-refractivity contribution in [2.24, 2.45) is 0 Å². The summed E-state index contributed by atoms with van der Waals surface area (Å²) in [4.78, 5) is 22.9. The molecule has 1 aromatic carbocycles. The van der Waals surface area contributed by atoms with Crippen molar-refractivity contribution in [3.05, 3.63) is 101 Å². The highest BCUT2D eigenvalue weighted by molar-refractivity contribution is 6.06. The van der Waals surface area contributed by atoms with Crippen molar-refractivity contribution in [3.8, 4) is 5.82 Å². The van der Waals surface area contributed by atoms with Gasteiger partial charge in [-0.3, -0.25) is 9.48 Å². The second-order valence-electron chi connectivity index (χ2n) is 8.91. The van der Waals surface area contributed by atoms with Crippen molar-refractivity contribution in [2.45, 2.75) is 38.8 Å². The highest BCUT2D eigenvalue weighted by atomic mass is 16.1. The van der Waals surface area contributed by atoms with Gasteiger partial charge in [-0.25, -0.2) is 9.97 Å². The number of aryl methyl sites for hydroxylation is 1. The van der Waals surface area contributed by atoms with E-state index in [-0.39, 0.29) is 5.91 Å². The van der Waals surface area contributed by atoms with Crippen LogP contribution in [0.4, 0.5) is 0 Å². The van der Waals surface area contributed by atoms with E-state index in [1.807, 2.05) is 66.3 Å². The number of carbonyl (C=O) groups excluding carboxylic acids is 1. The lowest BCUT2D eigenvalue weighted by Gasteiger charge is -2.12. The lowest BCUT2D eigenvalue weighted by molar-refractivity contribution is 0.0952. The Balaban J connectivity index is 1.34. The molecule has 5 aromatic rings. The molecule has 8 heteroatoms. The fraction of sp³-hybridized carbons (Fsp3) is 0.222. The topological polar surface area (TPSA) is 90.5 Å². The number of hydrogen-bond donors (Lipinski definition) is 1. The zero-order valence-corrected chi connectivity index (χ0v) is 19.4. The van der Waals surface area contributed by atoms with E-state index in [0.717, 1.165) is 40.7 Å². The Morgan fingerprint density at radius 2 is 1.89 bits per heavy atom. The van der Waals surface area contributed by atoms with E-state index >= 15 is 0 Å². The van der Waals surface area contributed by atoms with Crippen LogP contribution in [0.3, 0.4) is 0 Å². The Labute approximate surface area is 202 Å². The fourth-order valence-corrected chi connectivity index (χ4v) is 4.44. The van der Waals surface area contributed by atoms with Gasteiger partial charge in [0.15, 0.2) is 11.5 Å². The van der Waals surface area contributed by atoms with E-state index in [0.29, 0.717) is 36.0 Å². The van der Waals surface area contributed by atoms with E-state index in [2.05, 4.69) is 21.5 Å². The quantitative estimate of drug-likeness (QED) is 0.391. The molecule has 1 aliphatic rings. The molecule has 1 amide bonds. The van der Waals surface area contributed by atoms with Crippen molar-refractivity contribution in [1.82, 2.24) is 34.8 Å². The van der Waals surface area contributed by atoms with E-state index in [1.165, 1.54) is 0 Å². The zero-order chi connectivity index (χ0) is 23.8. The number of nitrogens with zero attached hydrogens (tertiary/aromatic N) is 6. The van der Waals surface area contributed by atoms with Crippen molar-refractivity contribution >= 4 is 16.9 Å². The zero-order valence-electron chi connectivity index (χ0n) is 19.4. The van der Waals surface area contributed by atoms with Crippen LogP contribution in [0.15, 0.2) is 73.2 Å². The molecule has 0 atom stereocenters. The minimum Gasteiger partial charge on any atom is -0.348 e. The van der Waals surface area contributed by atoms with Crippen LogP contribution in [-0.4, -0.2) is 35.4 Å². The van der Waals surface area contributed by atoms with Gasteiger partial charge in [0.25, 0.3) is 5.91 Å². The normalized spacial score (nSPS) is 13.3. The van der Waals surface area contributed by atoms with E-state index < -0.39 is 0 Å². The Morgan fingerprint density at radius 1 is 1.06 bits per heavy atom. The third kappa shape index (κ3) is 4.19. The van der Waals surface area contributed by atoms with Crippen LogP contribution in [-0.2, 0) is 13.1 Å². The fourth-order valence-electron chi connectivity index (χ4n) is 4.44. The summed E-state index contributed by atoms with van der Waals surface area (Å²) >= 11 is 0. The van der Waals surface area contributed by atoms with Crippen LogP contribution in [0.5, 0.6) is 0 Å². The highest BCUT2D eigenvalue weighted by Gasteiger charge is 2.29. The number of benzene rings is 1. The predicted molar refractivity (Wildman–Crippen MR) is 132 cm³/mol. The molecule has 0 saturated heterocycles. The Kier molecular flexibility index (Phi) is 5.33. The van der Waals surface area contributed by atoms with Gasteiger partial charge in [0, 0.05) is 36.7 Å². The summed E-state index contributed by atoms with van der Waals surface area (Å²) in [7, 11) is 0. The van der Waals surface area contributed by atoms with Gasteiger partial charge in [0.1, 0.15) is 0 Å². The molecule has 1 N–H and O–H groups in total. The second-order valence-corrected chi connectivity index (χ2v) is 8.91. The first-order valence-electron chi connectivity index (χ1n) is 11.8. The molecule has 8 nitrogen and oxygen atoms in total. The smallest absolute Gasteiger partial charge is 0.252 e. The summed E-state index contributed by atoms with van der Waals surface area (Å²) in [6, 6.07) is 17.7. The molecule has 1 fully saturated rings.